The molecule has 0 radical (unpaired) electrons. The predicted octanol–water partition coefficient (Wildman–Crippen LogP) is 4.89. The van der Waals surface area contributed by atoms with Crippen molar-refractivity contribution >= 4 is 27.4 Å². The van der Waals surface area contributed by atoms with Gasteiger partial charge < -0.3 is 14.8 Å². The van der Waals surface area contributed by atoms with E-state index in [0.717, 1.165) is 44.5 Å². The van der Waals surface area contributed by atoms with Gasteiger partial charge in [0, 0.05) is 28.4 Å². The molecule has 3 aromatic rings. The van der Waals surface area contributed by atoms with E-state index in [-0.39, 0.29) is 0 Å². The molecule has 0 unspecified atom stereocenters. The number of fused-ring (bicyclic) bond motifs is 1. The van der Waals surface area contributed by atoms with Crippen molar-refractivity contribution in [3.8, 4) is 22.9 Å². The van der Waals surface area contributed by atoms with E-state index in [4.69, 9.17) is 14.5 Å². The lowest BCUT2D eigenvalue weighted by atomic mass is 10.1. The minimum atomic E-state index is 0.342. The molecule has 2 heterocycles. The number of benzene rings is 1. The quantitative estimate of drug-likeness (QED) is 0.680. The molecule has 5 nitrogen and oxygen atoms in total. The second-order valence-corrected chi connectivity index (χ2v) is 6.92. The number of nitrogens with one attached hydrogen (secondary N) is 1. The molecule has 0 aliphatic rings. The number of pyridine rings is 1. The molecule has 0 saturated carbocycles. The molecule has 1 N–H and O–H groups in total. The SMILES string of the molecule is CCOc1cc(-c2csc(NC(C)C)n2)nc2c(C)c(OC)ccc12. The van der Waals surface area contributed by atoms with Crippen LogP contribution < -0.4 is 14.8 Å². The summed E-state index contributed by atoms with van der Waals surface area (Å²) in [6, 6.07) is 6.26. The van der Waals surface area contributed by atoms with Crippen LogP contribution in [0.2, 0.25) is 0 Å². The third-order valence-electron chi connectivity index (χ3n) is 3.85. The van der Waals surface area contributed by atoms with Gasteiger partial charge in [-0.25, -0.2) is 9.97 Å². The molecule has 0 amide bonds. The molecule has 0 bridgehead atoms. The molecule has 0 spiro atoms. The molecule has 25 heavy (non-hydrogen) atoms. The Morgan fingerprint density at radius 1 is 1.16 bits per heavy atom. The summed E-state index contributed by atoms with van der Waals surface area (Å²) < 4.78 is 11.3. The van der Waals surface area contributed by atoms with Crippen LogP contribution in [0.25, 0.3) is 22.3 Å². The van der Waals surface area contributed by atoms with Gasteiger partial charge in [0.2, 0.25) is 0 Å². The average Bonchev–Trinajstić information content (AvgIpc) is 3.03. The number of aromatic nitrogens is 2. The maximum absolute atomic E-state index is 5.86. The first kappa shape index (κ1) is 17.5. The molecule has 0 atom stereocenters. The van der Waals surface area contributed by atoms with Gasteiger partial charge in [-0.05, 0) is 39.8 Å². The fourth-order valence-electron chi connectivity index (χ4n) is 2.71. The summed E-state index contributed by atoms with van der Waals surface area (Å²) in [5.74, 6) is 1.64. The molecule has 0 aliphatic heterocycles. The van der Waals surface area contributed by atoms with Crippen molar-refractivity contribution in [3.63, 3.8) is 0 Å². The van der Waals surface area contributed by atoms with Gasteiger partial charge in [0.05, 0.1) is 24.9 Å². The second kappa shape index (κ2) is 7.27. The summed E-state index contributed by atoms with van der Waals surface area (Å²) >= 11 is 1.58. The fraction of sp³-hybridized carbons (Fsp3) is 0.368. The molecule has 2 aromatic heterocycles. The van der Waals surface area contributed by atoms with Gasteiger partial charge in [0.1, 0.15) is 17.2 Å². The third kappa shape index (κ3) is 3.54. The number of hydrogen-bond acceptors (Lipinski definition) is 6. The Labute approximate surface area is 152 Å². The normalized spacial score (nSPS) is 11.1. The van der Waals surface area contributed by atoms with Gasteiger partial charge >= 0.3 is 0 Å². The first-order valence-electron chi connectivity index (χ1n) is 8.37. The summed E-state index contributed by atoms with van der Waals surface area (Å²) in [6.45, 7) is 8.79. The predicted molar refractivity (Wildman–Crippen MR) is 104 cm³/mol. The average molecular weight is 357 g/mol. The van der Waals surface area contributed by atoms with Crippen molar-refractivity contribution in [1.29, 1.82) is 0 Å². The number of methoxy groups -OCH3 is 1. The highest BCUT2D eigenvalue weighted by atomic mass is 32.1. The zero-order valence-corrected chi connectivity index (χ0v) is 16.0. The van der Waals surface area contributed by atoms with E-state index in [0.29, 0.717) is 12.6 Å². The van der Waals surface area contributed by atoms with Crippen molar-refractivity contribution in [2.24, 2.45) is 0 Å². The first-order valence-corrected chi connectivity index (χ1v) is 9.25. The van der Waals surface area contributed by atoms with E-state index in [1.807, 2.05) is 37.4 Å². The highest BCUT2D eigenvalue weighted by Gasteiger charge is 2.15. The first-order chi connectivity index (χ1) is 12.0. The van der Waals surface area contributed by atoms with Crippen LogP contribution in [0.5, 0.6) is 11.5 Å². The Hall–Kier alpha value is -2.34. The molecular formula is C19H23N3O2S. The van der Waals surface area contributed by atoms with Crippen LogP contribution in [0, 0.1) is 6.92 Å². The van der Waals surface area contributed by atoms with Crippen LogP contribution in [0.3, 0.4) is 0 Å². The number of thiazole rings is 1. The van der Waals surface area contributed by atoms with E-state index >= 15 is 0 Å². The van der Waals surface area contributed by atoms with Gasteiger partial charge in [-0.15, -0.1) is 11.3 Å². The number of ether oxygens (including phenoxy) is 2. The number of anilines is 1. The number of nitrogens with zero attached hydrogens (tertiary/aromatic N) is 2. The zero-order valence-electron chi connectivity index (χ0n) is 15.2. The monoisotopic (exact) mass is 357 g/mol. The van der Waals surface area contributed by atoms with Crippen LogP contribution in [0.15, 0.2) is 23.6 Å². The van der Waals surface area contributed by atoms with E-state index < -0.39 is 0 Å². The molecular weight excluding hydrogens is 334 g/mol. The standard InChI is InChI=1S/C19H23N3O2S/c1-6-24-17-9-14(15-10-25-19(22-15)20-11(2)3)21-18-12(4)16(23-5)8-7-13(17)18/h7-11H,6H2,1-5H3,(H,20,22). The van der Waals surface area contributed by atoms with Crippen LogP contribution >= 0.6 is 11.3 Å². The van der Waals surface area contributed by atoms with Crippen LogP contribution in [-0.4, -0.2) is 29.7 Å². The Bertz CT molecular complexity index is 890. The molecule has 0 saturated heterocycles. The Morgan fingerprint density at radius 3 is 2.64 bits per heavy atom. The van der Waals surface area contributed by atoms with Gasteiger partial charge in [0.15, 0.2) is 5.13 Å². The topological polar surface area (TPSA) is 56.3 Å². The van der Waals surface area contributed by atoms with E-state index in [1.54, 1.807) is 18.4 Å². The van der Waals surface area contributed by atoms with E-state index in [1.165, 1.54) is 0 Å². The highest BCUT2D eigenvalue weighted by Crippen LogP contribution is 2.35. The number of hydrogen-bond donors (Lipinski definition) is 1. The minimum absolute atomic E-state index is 0.342. The lowest BCUT2D eigenvalue weighted by molar-refractivity contribution is 0.344. The smallest absolute Gasteiger partial charge is 0.183 e. The van der Waals surface area contributed by atoms with E-state index in [9.17, 15) is 0 Å². The highest BCUT2D eigenvalue weighted by molar-refractivity contribution is 7.14. The second-order valence-electron chi connectivity index (χ2n) is 6.06. The van der Waals surface area contributed by atoms with Crippen molar-refractivity contribution in [1.82, 2.24) is 9.97 Å². The Balaban J connectivity index is 2.14. The van der Waals surface area contributed by atoms with Gasteiger partial charge in [-0.2, -0.15) is 0 Å². The van der Waals surface area contributed by atoms with E-state index in [2.05, 4.69) is 24.1 Å². The lowest BCUT2D eigenvalue weighted by Crippen LogP contribution is -2.09. The molecule has 0 fully saturated rings. The Kier molecular flexibility index (Phi) is 5.08. The van der Waals surface area contributed by atoms with Crippen LogP contribution in [0.1, 0.15) is 26.3 Å². The van der Waals surface area contributed by atoms with Gasteiger partial charge in [-0.3, -0.25) is 0 Å². The summed E-state index contributed by atoms with van der Waals surface area (Å²) in [5.41, 5.74) is 3.53. The molecule has 132 valence electrons. The maximum Gasteiger partial charge on any atom is 0.183 e. The van der Waals surface area contributed by atoms with Gasteiger partial charge in [0.25, 0.3) is 0 Å². The summed E-state index contributed by atoms with van der Waals surface area (Å²) in [5, 5.41) is 7.23. The largest absolute Gasteiger partial charge is 0.496 e. The minimum Gasteiger partial charge on any atom is -0.496 e. The summed E-state index contributed by atoms with van der Waals surface area (Å²) in [4.78, 5) is 9.50. The van der Waals surface area contributed by atoms with Gasteiger partial charge in [-0.1, -0.05) is 0 Å². The lowest BCUT2D eigenvalue weighted by Gasteiger charge is -2.13. The van der Waals surface area contributed by atoms with Crippen molar-refractivity contribution in [2.75, 3.05) is 19.0 Å². The number of aryl methyl sites for hydroxylation is 1. The molecule has 0 aliphatic carbocycles. The maximum atomic E-state index is 5.86. The molecule has 1 aromatic carbocycles. The van der Waals surface area contributed by atoms with Crippen molar-refractivity contribution in [3.05, 3.63) is 29.1 Å². The number of rotatable bonds is 6. The molecule has 3 rings (SSSR count). The zero-order chi connectivity index (χ0) is 18.0. The third-order valence-corrected chi connectivity index (χ3v) is 4.62. The molecule has 6 heteroatoms. The Morgan fingerprint density at radius 2 is 1.96 bits per heavy atom. The van der Waals surface area contributed by atoms with Crippen LogP contribution in [-0.2, 0) is 0 Å². The summed E-state index contributed by atoms with van der Waals surface area (Å²) in [7, 11) is 1.67. The van der Waals surface area contributed by atoms with Crippen LogP contribution in [0.4, 0.5) is 5.13 Å². The van der Waals surface area contributed by atoms with Crippen molar-refractivity contribution in [2.45, 2.75) is 33.7 Å². The summed E-state index contributed by atoms with van der Waals surface area (Å²) in [6.07, 6.45) is 0. The van der Waals surface area contributed by atoms with Crippen molar-refractivity contribution < 1.29 is 9.47 Å². The fourth-order valence-corrected chi connectivity index (χ4v) is 3.56.